The minimum atomic E-state index is -1.12. The van der Waals surface area contributed by atoms with Gasteiger partial charge in [-0.1, -0.05) is 12.1 Å². The van der Waals surface area contributed by atoms with Crippen molar-refractivity contribution in [3.05, 3.63) is 46.8 Å². The van der Waals surface area contributed by atoms with Crippen molar-refractivity contribution in [3.63, 3.8) is 0 Å². The molecule has 0 saturated carbocycles. The number of aromatic nitrogens is 2. The van der Waals surface area contributed by atoms with Crippen molar-refractivity contribution in [2.24, 2.45) is 0 Å². The summed E-state index contributed by atoms with van der Waals surface area (Å²) in [6, 6.07) is 10.2. The van der Waals surface area contributed by atoms with Crippen molar-refractivity contribution in [3.8, 4) is 28.6 Å². The largest absolute Gasteiger partial charge is 0.493 e. The van der Waals surface area contributed by atoms with Gasteiger partial charge in [-0.15, -0.1) is 0 Å². The molecule has 2 aromatic carbocycles. The van der Waals surface area contributed by atoms with Crippen LogP contribution < -0.4 is 19.8 Å². The predicted octanol–water partition coefficient (Wildman–Crippen LogP) is 2.46. The zero-order valence-electron chi connectivity index (χ0n) is 15.0. The third-order valence-corrected chi connectivity index (χ3v) is 3.99. The summed E-state index contributed by atoms with van der Waals surface area (Å²) >= 11 is 0. The molecule has 0 spiro atoms. The zero-order valence-corrected chi connectivity index (χ0v) is 15.0. The Labute approximate surface area is 154 Å². The summed E-state index contributed by atoms with van der Waals surface area (Å²) in [7, 11) is 2.85. The standard InChI is InChI=1S/C19H18N2O6/c1-10(19(23)24)27-16-14(25-2)8-11(9-15(16)26-3)17-20-13-7-5-4-6-12(13)18(22)21-17/h4-10H,1-3H3,(H,23,24)(H,20,21,22). The van der Waals surface area contributed by atoms with Crippen LogP contribution in [0.4, 0.5) is 0 Å². The molecule has 0 aliphatic carbocycles. The van der Waals surface area contributed by atoms with Crippen molar-refractivity contribution in [1.29, 1.82) is 0 Å². The molecule has 1 unspecified atom stereocenters. The Morgan fingerprint density at radius 2 is 1.78 bits per heavy atom. The number of hydrogen-bond acceptors (Lipinski definition) is 6. The second-order valence-corrected chi connectivity index (χ2v) is 5.74. The summed E-state index contributed by atoms with van der Waals surface area (Å²) < 4.78 is 16.1. The summed E-state index contributed by atoms with van der Waals surface area (Å²) in [5.41, 5.74) is 0.809. The lowest BCUT2D eigenvalue weighted by molar-refractivity contribution is -0.144. The Morgan fingerprint density at radius 1 is 1.15 bits per heavy atom. The van der Waals surface area contributed by atoms with E-state index in [2.05, 4.69) is 9.97 Å². The first kappa shape index (κ1) is 18.2. The third-order valence-electron chi connectivity index (χ3n) is 3.99. The number of aromatic amines is 1. The normalized spacial score (nSPS) is 11.8. The van der Waals surface area contributed by atoms with Crippen molar-refractivity contribution >= 4 is 16.9 Å². The van der Waals surface area contributed by atoms with E-state index in [1.54, 1.807) is 36.4 Å². The summed E-state index contributed by atoms with van der Waals surface area (Å²) in [4.78, 5) is 30.6. The Bertz CT molecular complexity index is 1030. The van der Waals surface area contributed by atoms with Crippen LogP contribution in [0, 0.1) is 0 Å². The minimum absolute atomic E-state index is 0.154. The molecule has 0 aliphatic heterocycles. The van der Waals surface area contributed by atoms with Gasteiger partial charge in [0, 0.05) is 5.56 Å². The highest BCUT2D eigenvalue weighted by atomic mass is 16.6. The number of para-hydroxylation sites is 1. The molecule has 0 fully saturated rings. The quantitative estimate of drug-likeness (QED) is 0.686. The number of hydrogen-bond donors (Lipinski definition) is 2. The van der Waals surface area contributed by atoms with Crippen LogP contribution >= 0.6 is 0 Å². The SMILES string of the molecule is COc1cc(-c2nc3ccccc3c(=O)[nH]2)cc(OC)c1OC(C)C(=O)O. The van der Waals surface area contributed by atoms with Gasteiger partial charge in [0.05, 0.1) is 25.1 Å². The van der Waals surface area contributed by atoms with E-state index < -0.39 is 12.1 Å². The molecule has 2 N–H and O–H groups in total. The first-order chi connectivity index (χ1) is 12.9. The molecule has 8 nitrogen and oxygen atoms in total. The Morgan fingerprint density at radius 3 is 2.37 bits per heavy atom. The molecule has 140 valence electrons. The Hall–Kier alpha value is -3.55. The Kier molecular flexibility index (Phi) is 4.98. The number of aliphatic carboxylic acids is 1. The van der Waals surface area contributed by atoms with Gasteiger partial charge in [-0.05, 0) is 31.2 Å². The number of fused-ring (bicyclic) bond motifs is 1. The monoisotopic (exact) mass is 370 g/mol. The Balaban J connectivity index is 2.15. The van der Waals surface area contributed by atoms with Crippen molar-refractivity contribution < 1.29 is 24.1 Å². The number of carbonyl (C=O) groups is 1. The molecule has 3 rings (SSSR count). The van der Waals surface area contributed by atoms with Gasteiger partial charge in [0.1, 0.15) is 5.82 Å². The maximum absolute atomic E-state index is 12.3. The first-order valence-electron chi connectivity index (χ1n) is 8.09. The van der Waals surface area contributed by atoms with E-state index in [9.17, 15) is 9.59 Å². The van der Waals surface area contributed by atoms with Gasteiger partial charge in [-0.25, -0.2) is 9.78 Å². The number of benzene rings is 2. The lowest BCUT2D eigenvalue weighted by Crippen LogP contribution is -2.23. The highest BCUT2D eigenvalue weighted by molar-refractivity contribution is 5.80. The molecule has 3 aromatic rings. The van der Waals surface area contributed by atoms with Crippen LogP contribution in [0.25, 0.3) is 22.3 Å². The fraction of sp³-hybridized carbons (Fsp3) is 0.211. The van der Waals surface area contributed by atoms with E-state index in [0.29, 0.717) is 22.3 Å². The minimum Gasteiger partial charge on any atom is -0.493 e. The van der Waals surface area contributed by atoms with Crippen LogP contribution in [0.3, 0.4) is 0 Å². The number of methoxy groups -OCH3 is 2. The number of carboxylic acid groups (broad SMARTS) is 1. The summed E-state index contributed by atoms with van der Waals surface area (Å²) in [5.74, 6) is -0.125. The van der Waals surface area contributed by atoms with Crippen LogP contribution in [0.15, 0.2) is 41.2 Å². The first-order valence-corrected chi connectivity index (χ1v) is 8.09. The summed E-state index contributed by atoms with van der Waals surface area (Å²) in [6.07, 6.45) is -1.10. The number of nitrogens with one attached hydrogen (secondary N) is 1. The van der Waals surface area contributed by atoms with Crippen molar-refractivity contribution in [1.82, 2.24) is 9.97 Å². The predicted molar refractivity (Wildman–Crippen MR) is 98.6 cm³/mol. The summed E-state index contributed by atoms with van der Waals surface area (Å²) in [6.45, 7) is 1.40. The van der Waals surface area contributed by atoms with E-state index in [0.717, 1.165) is 0 Å². The molecule has 0 bridgehead atoms. The van der Waals surface area contributed by atoms with Gasteiger partial charge in [0.2, 0.25) is 5.75 Å². The second kappa shape index (κ2) is 7.36. The molecule has 8 heteroatoms. The maximum Gasteiger partial charge on any atom is 0.344 e. The molecule has 0 aliphatic rings. The number of H-pyrrole nitrogens is 1. The van der Waals surface area contributed by atoms with Crippen LogP contribution in [0.5, 0.6) is 17.2 Å². The van der Waals surface area contributed by atoms with Crippen molar-refractivity contribution in [2.75, 3.05) is 14.2 Å². The van der Waals surface area contributed by atoms with E-state index in [4.69, 9.17) is 19.3 Å². The molecule has 27 heavy (non-hydrogen) atoms. The third kappa shape index (κ3) is 3.55. The molecular weight excluding hydrogens is 352 g/mol. The van der Waals surface area contributed by atoms with E-state index in [1.807, 2.05) is 0 Å². The average Bonchev–Trinajstić information content (AvgIpc) is 2.67. The van der Waals surface area contributed by atoms with Crippen LogP contribution in [0.2, 0.25) is 0 Å². The number of ether oxygens (including phenoxy) is 3. The number of carboxylic acids is 1. The van der Waals surface area contributed by atoms with Gasteiger partial charge in [0.15, 0.2) is 17.6 Å². The lowest BCUT2D eigenvalue weighted by atomic mass is 10.1. The van der Waals surface area contributed by atoms with E-state index >= 15 is 0 Å². The highest BCUT2D eigenvalue weighted by Gasteiger charge is 2.21. The molecule has 0 saturated heterocycles. The topological polar surface area (TPSA) is 111 Å². The molecule has 1 aromatic heterocycles. The smallest absolute Gasteiger partial charge is 0.344 e. The van der Waals surface area contributed by atoms with Gasteiger partial charge < -0.3 is 24.3 Å². The molecule has 0 amide bonds. The lowest BCUT2D eigenvalue weighted by Gasteiger charge is -2.18. The molecule has 0 radical (unpaired) electrons. The zero-order chi connectivity index (χ0) is 19.6. The number of rotatable bonds is 6. The van der Waals surface area contributed by atoms with Gasteiger partial charge >= 0.3 is 5.97 Å². The second-order valence-electron chi connectivity index (χ2n) is 5.74. The van der Waals surface area contributed by atoms with E-state index in [-0.39, 0.29) is 22.8 Å². The molecular formula is C19H18N2O6. The summed E-state index contributed by atoms with van der Waals surface area (Å²) in [5, 5.41) is 9.56. The fourth-order valence-electron chi connectivity index (χ4n) is 2.58. The van der Waals surface area contributed by atoms with Crippen LogP contribution in [0.1, 0.15) is 6.92 Å². The van der Waals surface area contributed by atoms with Crippen LogP contribution in [-0.2, 0) is 4.79 Å². The average molecular weight is 370 g/mol. The fourth-order valence-corrected chi connectivity index (χ4v) is 2.58. The molecule has 1 atom stereocenters. The van der Waals surface area contributed by atoms with E-state index in [1.165, 1.54) is 21.1 Å². The van der Waals surface area contributed by atoms with Gasteiger partial charge in [0.25, 0.3) is 5.56 Å². The van der Waals surface area contributed by atoms with Crippen LogP contribution in [-0.4, -0.2) is 41.4 Å². The highest BCUT2D eigenvalue weighted by Crippen LogP contribution is 2.41. The van der Waals surface area contributed by atoms with Gasteiger partial charge in [-0.2, -0.15) is 0 Å². The molecule has 1 heterocycles. The van der Waals surface area contributed by atoms with Crippen molar-refractivity contribution in [2.45, 2.75) is 13.0 Å². The maximum atomic E-state index is 12.3. The number of nitrogens with zero attached hydrogens (tertiary/aromatic N) is 1. The van der Waals surface area contributed by atoms with Gasteiger partial charge in [-0.3, -0.25) is 4.79 Å².